The summed E-state index contributed by atoms with van der Waals surface area (Å²) in [5, 5.41) is 12.1. The maximum atomic E-state index is 14.3. The molecule has 0 bridgehead atoms. The molecule has 0 radical (unpaired) electrons. The van der Waals surface area contributed by atoms with Crippen molar-refractivity contribution in [1.82, 2.24) is 117 Å². The average Bonchev–Trinajstić information content (AvgIpc) is 1.25. The number of carboxylic acid groups (broad SMARTS) is 1. The zero-order valence-corrected chi connectivity index (χ0v) is 81.8. The van der Waals surface area contributed by atoms with Crippen LogP contribution in [-0.4, -0.2) is 251 Å². The third kappa shape index (κ3) is 23.8. The number of anilines is 4. The fourth-order valence-electron chi connectivity index (χ4n) is 17.3. The Hall–Kier alpha value is -16.5. The second-order valence-corrected chi connectivity index (χ2v) is 38.0. The molecule has 42 nitrogen and oxygen atoms in total. The number of hydrogen-bond donors (Lipinski definition) is 7. The molecule has 16 aromatic rings. The Labute approximate surface area is 836 Å². The number of hydrogen-bond acceptors (Lipinski definition) is 35. The van der Waals surface area contributed by atoms with E-state index >= 15 is 0 Å². The second kappa shape index (κ2) is 41.9. The third-order valence-corrected chi connectivity index (χ3v) is 24.3. The van der Waals surface area contributed by atoms with Crippen LogP contribution in [0.15, 0.2) is 166 Å². The zero-order chi connectivity index (χ0) is 106. The van der Waals surface area contributed by atoms with Gasteiger partial charge in [-0.25, -0.2) is 129 Å². The topological polar surface area (TPSA) is 569 Å². The summed E-state index contributed by atoms with van der Waals surface area (Å²) < 4.78 is 149. The number of carbonyl (C=O) groups is 6. The lowest BCUT2D eigenvalue weighted by Crippen LogP contribution is -2.43. The number of fused-ring (bicyclic) bond motifs is 4. The molecule has 0 spiro atoms. The molecule has 12 N–H and O–H groups in total. The van der Waals surface area contributed by atoms with E-state index in [0.717, 1.165) is 55.2 Å². The number of imidazole rings is 4. The van der Waals surface area contributed by atoms with Crippen molar-refractivity contribution >= 4 is 81.4 Å². The minimum atomic E-state index is -3.08. The molecule has 0 unspecified atom stereocenters. The Morgan fingerprint density at radius 2 is 0.696 bits per heavy atom. The van der Waals surface area contributed by atoms with Crippen LogP contribution in [0.25, 0.3) is 114 Å². The number of rotatable bonds is 22. The van der Waals surface area contributed by atoms with Gasteiger partial charge >= 0.3 is 18.2 Å². The molecule has 0 aliphatic carbocycles. The number of nitrogens with zero attached hydrogens (tertiary/aromatic N) is 23. The second-order valence-electron chi connectivity index (χ2n) is 38.0. The van der Waals surface area contributed by atoms with Gasteiger partial charge in [-0.05, 0) is 144 Å². The van der Waals surface area contributed by atoms with Gasteiger partial charge < -0.3 is 83.8 Å². The number of ketones is 3. The molecule has 16 aromatic heterocycles. The van der Waals surface area contributed by atoms with Gasteiger partial charge in [0.25, 0.3) is 23.7 Å². The first-order valence-corrected chi connectivity index (χ1v) is 46.6. The smallest absolute Gasteiger partial charge is 0.410 e. The molecule has 0 aromatic carbocycles. The Morgan fingerprint density at radius 1 is 0.399 bits per heavy atom. The highest BCUT2D eigenvalue weighted by Crippen LogP contribution is 2.42. The number of nitrogens with two attached hydrogens (primary N) is 5. The van der Waals surface area contributed by atoms with Crippen LogP contribution >= 0.6 is 0 Å². The lowest BCUT2D eigenvalue weighted by atomic mass is 10.0. The molecule has 148 heavy (non-hydrogen) atoms. The van der Waals surface area contributed by atoms with Crippen LogP contribution in [0, 0.1) is 27.7 Å². The van der Waals surface area contributed by atoms with E-state index in [1.54, 1.807) is 115 Å². The largest absolute Gasteiger partial charge is 0.476 e. The van der Waals surface area contributed by atoms with Gasteiger partial charge in [0.1, 0.15) is 98.7 Å². The van der Waals surface area contributed by atoms with Gasteiger partial charge in [0.15, 0.2) is 69.1 Å². The fraction of sp³-hybridized carbons (Fsp3) is 0.367. The minimum absolute atomic E-state index is 0.000154. The number of oxazole rings is 4. The lowest BCUT2D eigenvalue weighted by Gasteiger charge is -2.28. The van der Waals surface area contributed by atoms with Crippen molar-refractivity contribution in [1.29, 1.82) is 0 Å². The van der Waals surface area contributed by atoms with Crippen LogP contribution in [0.4, 0.5) is 68.0 Å². The Bertz CT molecular complexity index is 7610. The summed E-state index contributed by atoms with van der Waals surface area (Å²) in [6.45, 7) is 15.7. The molecule has 4 saturated heterocycles. The average molecular weight is 2050 g/mol. The first kappa shape index (κ1) is 104. The normalized spacial score (nSPS) is 17.2. The summed E-state index contributed by atoms with van der Waals surface area (Å²) in [6.07, 6.45) is 23.0. The number of nitrogen functional groups attached to an aromatic ring is 4. The van der Waals surface area contributed by atoms with E-state index in [0.29, 0.717) is 56.4 Å². The Balaban J connectivity index is 0.000000135. The SMILES string of the molecule is CC(C)(C)OC(=O)N1CC(F)(F)C[C@@H]1CN.Cc1cnc2ccc(-c3nc(C(=O)CC[C@H]4CC(F)(F)CN4)c(N)nc3-c3ncco3)cn12.Cc1cnc2ccc(-c3nc(C(=O)CC[C@H]4CC(F)(F)CN4C(=O)OC(C)(C)C)c(N)nc3-c3ncco3)cn12.Cc1cnc2ccc(-c3nc(C(=O)CC[C@H]4CC(F)(F)CN4C)c(N)nc3-c3ncco3)cn12.Cc1cnc2ccc(-c3nc(C(=O)O)c(N)nc3-c3ncco3)cn12. The molecule has 20 heterocycles. The Morgan fingerprint density at radius 3 is 0.986 bits per heavy atom. The van der Waals surface area contributed by atoms with Crippen molar-refractivity contribution in [2.75, 3.05) is 62.7 Å². The van der Waals surface area contributed by atoms with E-state index in [2.05, 4.69) is 85.1 Å². The number of aryl methyl sites for hydroxylation is 4. The highest BCUT2D eigenvalue weighted by molar-refractivity contribution is 6.01. The van der Waals surface area contributed by atoms with Crippen LogP contribution in [0.1, 0.15) is 170 Å². The van der Waals surface area contributed by atoms with E-state index in [1.165, 1.54) is 49.8 Å². The zero-order valence-electron chi connectivity index (χ0n) is 81.8. The van der Waals surface area contributed by atoms with Crippen LogP contribution < -0.4 is 34.0 Å². The van der Waals surface area contributed by atoms with E-state index < -0.39 is 96.5 Å². The van der Waals surface area contributed by atoms with E-state index in [9.17, 15) is 69.0 Å². The number of amides is 2. The Kier molecular flexibility index (Phi) is 29.5. The lowest BCUT2D eigenvalue weighted by molar-refractivity contribution is -0.00247. The van der Waals surface area contributed by atoms with Gasteiger partial charge in [-0.1, -0.05) is 0 Å². The van der Waals surface area contributed by atoms with Crippen LogP contribution in [-0.2, 0) is 9.47 Å². The van der Waals surface area contributed by atoms with Gasteiger partial charge in [0.05, 0.1) is 57.0 Å². The first-order valence-electron chi connectivity index (χ1n) is 46.6. The van der Waals surface area contributed by atoms with Crippen molar-refractivity contribution in [3.8, 4) is 91.4 Å². The molecular weight excluding hydrogens is 1940 g/mol. The molecule has 20 rings (SSSR count). The number of pyridine rings is 4. The molecule has 0 saturated carbocycles. The summed E-state index contributed by atoms with van der Waals surface area (Å²) in [6, 6.07) is 12.1. The molecular formula is C98H103F8N29O13. The predicted molar refractivity (Wildman–Crippen MR) is 520 cm³/mol. The third-order valence-electron chi connectivity index (χ3n) is 24.3. The summed E-state index contributed by atoms with van der Waals surface area (Å²) in [7, 11) is 1.64. The quantitative estimate of drug-likeness (QED) is 0.0245. The number of halogens is 8. The number of aromatic carboxylic acids is 1. The maximum Gasteiger partial charge on any atom is 0.410 e. The monoisotopic (exact) mass is 2050 g/mol. The summed E-state index contributed by atoms with van der Waals surface area (Å²) >= 11 is 0. The number of carboxylic acids is 1. The van der Waals surface area contributed by atoms with Gasteiger partial charge in [-0.3, -0.25) is 29.1 Å². The first-order chi connectivity index (χ1) is 70.0. The summed E-state index contributed by atoms with van der Waals surface area (Å²) in [4.78, 5) is 148. The van der Waals surface area contributed by atoms with Crippen molar-refractivity contribution in [3.63, 3.8) is 0 Å². The molecule has 4 aliphatic rings. The number of carbonyl (C=O) groups excluding carboxylic acids is 5. The highest BCUT2D eigenvalue weighted by Gasteiger charge is 2.50. The van der Waals surface area contributed by atoms with Gasteiger partial charge in [0.2, 0.25) is 23.6 Å². The van der Waals surface area contributed by atoms with Crippen molar-refractivity contribution < 1.29 is 96.1 Å². The number of aromatic nitrogens is 20. The number of Topliss-reactive ketones (excluding diaryl/α,β-unsaturated/α-hetero) is 3. The predicted octanol–water partition coefficient (Wildman–Crippen LogP) is 15.5. The highest BCUT2D eigenvalue weighted by atomic mass is 19.3. The van der Waals surface area contributed by atoms with E-state index in [1.807, 2.05) is 82.0 Å². The number of likely N-dealkylation sites (tertiary alicyclic amines) is 3. The summed E-state index contributed by atoms with van der Waals surface area (Å²) in [5.41, 5.74) is 39.2. The van der Waals surface area contributed by atoms with Gasteiger partial charge in [0, 0.05) is 164 Å². The standard InChI is InChI=1S/C27H29F2N7O4.C23H23F2N7O2.C22H21F2N7O2.C16H12N6O3.C10H18F2N2O2/c1-15-12-32-19-8-5-16(13-35(15)19)20-22(24-31-9-10-39-24)34-23(30)21(33-20)18(37)7-6-17-11-27(28,29)14-36(17)25(38)40-26(2,3)4;1-13-10-28-17-6-3-14(11-32(13)17)18-20(22-27-7-8-34-22)30-21(26)19(29-18)16(33)5-4-15-9-23(24,25)12-31(15)2;1-12-9-27-16-5-2-13(10-31(12)16)17-19(21-26-6-7-33-21)30-20(25)18(29-17)15(32)4-3-14-8-22(23,24)11-28-14;1-8-6-19-10-3-2-9(7-22(8)10)11-12(15-18-4-5-25-15)21-14(17)13(20-11)16(23)24;1-9(2,3)16-8(15)14-6-10(11,12)4-7(14)5-13/h5,8-10,12-13,17H,6-7,11,14H2,1-4H3,(H2,30,34);3,6-8,10-11,15H,4-5,9,12H2,1-2H3,(H2,26,30);2,5-7,9-10,14,28H,3-4,8,11H2,1H3,(H2,25,30);2-7H,1H3,(H2,17,21)(H,23,24);7H,4-6,13H2,1-3H3/t17-;15-;14-;;7-/m000.1/s1. The molecule has 4 fully saturated rings. The van der Waals surface area contributed by atoms with Gasteiger partial charge in [-0.15, -0.1) is 0 Å². The van der Waals surface area contributed by atoms with Gasteiger partial charge in [-0.2, -0.15) is 0 Å². The van der Waals surface area contributed by atoms with E-state index in [4.69, 9.17) is 55.8 Å². The van der Waals surface area contributed by atoms with Crippen molar-refractivity contribution in [2.24, 2.45) is 5.73 Å². The minimum Gasteiger partial charge on any atom is -0.476 e. The van der Waals surface area contributed by atoms with Crippen LogP contribution in [0.2, 0.25) is 0 Å². The molecule has 4 aliphatic heterocycles. The number of ether oxygens (including phenoxy) is 2. The molecule has 2 amide bonds. The number of nitrogens with one attached hydrogen (secondary N) is 1. The molecule has 4 atom stereocenters. The summed E-state index contributed by atoms with van der Waals surface area (Å²) in [5.74, 6) is -13.6. The number of alkyl halides is 8. The fourth-order valence-corrected chi connectivity index (χ4v) is 17.3. The molecule has 774 valence electrons. The van der Waals surface area contributed by atoms with Crippen molar-refractivity contribution in [3.05, 3.63) is 193 Å². The van der Waals surface area contributed by atoms with Crippen LogP contribution in [0.5, 0.6) is 0 Å². The molecule has 50 heteroatoms. The maximum absolute atomic E-state index is 14.3. The van der Waals surface area contributed by atoms with Crippen LogP contribution in [0.3, 0.4) is 0 Å². The van der Waals surface area contributed by atoms with E-state index in [-0.39, 0.29) is 176 Å². The van der Waals surface area contributed by atoms with Crippen molar-refractivity contribution in [2.45, 2.75) is 193 Å².